The minimum Gasteiger partial charge on any atom is -0.497 e. The predicted octanol–water partition coefficient (Wildman–Crippen LogP) is 3.81. The molecule has 8 nitrogen and oxygen atoms in total. The van der Waals surface area contributed by atoms with Crippen molar-refractivity contribution in [2.75, 3.05) is 32.0 Å². The molecule has 0 radical (unpaired) electrons. The summed E-state index contributed by atoms with van der Waals surface area (Å²) in [6, 6.07) is 14.0. The molecule has 0 aliphatic heterocycles. The van der Waals surface area contributed by atoms with E-state index in [1.807, 2.05) is 6.07 Å². The average molecular weight is 394 g/mol. The van der Waals surface area contributed by atoms with Gasteiger partial charge >= 0.3 is 0 Å². The highest BCUT2D eigenvalue weighted by molar-refractivity contribution is 6.03. The Morgan fingerprint density at radius 1 is 0.862 bits per heavy atom. The smallest absolute Gasteiger partial charge is 0.274 e. The van der Waals surface area contributed by atoms with Crippen molar-refractivity contribution in [3.63, 3.8) is 0 Å². The number of ether oxygens (including phenoxy) is 3. The number of carbonyl (C=O) groups is 1. The summed E-state index contributed by atoms with van der Waals surface area (Å²) in [5, 5.41) is 5.97. The first-order valence-corrected chi connectivity index (χ1v) is 8.82. The second kappa shape index (κ2) is 8.92. The third-order valence-corrected chi connectivity index (χ3v) is 4.09. The van der Waals surface area contributed by atoms with Crippen LogP contribution in [-0.2, 0) is 0 Å². The Kier molecular flexibility index (Phi) is 6.13. The molecular weight excluding hydrogens is 372 g/mol. The summed E-state index contributed by atoms with van der Waals surface area (Å²) >= 11 is 0. The molecule has 0 saturated heterocycles. The number of nitrogens with zero attached hydrogens (tertiary/aromatic N) is 2. The minimum absolute atomic E-state index is 0.239. The Labute approximate surface area is 168 Å². The lowest BCUT2D eigenvalue weighted by Gasteiger charge is -2.13. The van der Waals surface area contributed by atoms with Crippen LogP contribution in [0.3, 0.4) is 0 Å². The van der Waals surface area contributed by atoms with Crippen LogP contribution in [0.1, 0.15) is 16.3 Å². The number of hydrogen-bond acceptors (Lipinski definition) is 7. The Hall–Kier alpha value is -3.81. The van der Waals surface area contributed by atoms with Gasteiger partial charge in [0, 0.05) is 17.8 Å². The highest BCUT2D eigenvalue weighted by atomic mass is 16.5. The zero-order valence-corrected chi connectivity index (χ0v) is 16.6. The summed E-state index contributed by atoms with van der Waals surface area (Å²) < 4.78 is 15.7. The average Bonchev–Trinajstić information content (AvgIpc) is 2.74. The fourth-order valence-electron chi connectivity index (χ4n) is 2.66. The maximum absolute atomic E-state index is 12.6. The Balaban J connectivity index is 1.81. The number of methoxy groups -OCH3 is 3. The number of anilines is 3. The Morgan fingerprint density at radius 2 is 1.55 bits per heavy atom. The molecule has 0 aliphatic carbocycles. The molecule has 1 heterocycles. The molecule has 0 aliphatic rings. The molecule has 0 fully saturated rings. The van der Waals surface area contributed by atoms with Crippen molar-refractivity contribution in [1.82, 2.24) is 9.97 Å². The molecule has 1 amide bonds. The number of benzene rings is 2. The van der Waals surface area contributed by atoms with E-state index >= 15 is 0 Å². The van der Waals surface area contributed by atoms with Crippen LogP contribution in [0.25, 0.3) is 0 Å². The zero-order valence-electron chi connectivity index (χ0n) is 16.6. The van der Waals surface area contributed by atoms with Crippen LogP contribution in [0.5, 0.6) is 17.2 Å². The van der Waals surface area contributed by atoms with Crippen molar-refractivity contribution in [2.24, 2.45) is 0 Å². The van der Waals surface area contributed by atoms with Crippen molar-refractivity contribution < 1.29 is 19.0 Å². The molecule has 0 bridgehead atoms. The normalized spacial score (nSPS) is 10.2. The van der Waals surface area contributed by atoms with Crippen molar-refractivity contribution in [1.29, 1.82) is 0 Å². The van der Waals surface area contributed by atoms with Crippen molar-refractivity contribution in [3.8, 4) is 17.2 Å². The van der Waals surface area contributed by atoms with Gasteiger partial charge in [0.05, 0.1) is 27.0 Å². The monoisotopic (exact) mass is 394 g/mol. The zero-order chi connectivity index (χ0) is 20.8. The van der Waals surface area contributed by atoms with E-state index < -0.39 is 0 Å². The fraction of sp³-hybridized carbons (Fsp3) is 0.190. The quantitative estimate of drug-likeness (QED) is 0.629. The number of nitrogens with one attached hydrogen (secondary N) is 2. The standard InChI is InChI=1S/C21H22N4O4/c1-13-22-18(21(26)24-14-5-7-15(27-2)8-6-14)12-20(23-13)25-17-10-9-16(28-3)11-19(17)29-4/h5-12H,1-4H3,(H,24,26)(H,22,23,25). The summed E-state index contributed by atoms with van der Waals surface area (Å²) in [7, 11) is 4.74. The molecule has 0 spiro atoms. The molecule has 3 rings (SSSR count). The van der Waals surface area contributed by atoms with Gasteiger partial charge in [0.25, 0.3) is 5.91 Å². The second-order valence-electron chi connectivity index (χ2n) is 6.06. The summed E-state index contributed by atoms with van der Waals surface area (Å²) in [5.74, 6) is 2.56. The van der Waals surface area contributed by atoms with E-state index in [0.29, 0.717) is 40.3 Å². The van der Waals surface area contributed by atoms with Crippen LogP contribution in [0.4, 0.5) is 17.2 Å². The van der Waals surface area contributed by atoms with Crippen molar-refractivity contribution >= 4 is 23.1 Å². The topological polar surface area (TPSA) is 94.6 Å². The first kappa shape index (κ1) is 19.9. The summed E-state index contributed by atoms with van der Waals surface area (Å²) in [6.07, 6.45) is 0. The number of amides is 1. The van der Waals surface area contributed by atoms with Crippen LogP contribution in [0, 0.1) is 6.92 Å². The lowest BCUT2D eigenvalue weighted by molar-refractivity contribution is 0.102. The van der Waals surface area contributed by atoms with E-state index in [-0.39, 0.29) is 11.6 Å². The second-order valence-corrected chi connectivity index (χ2v) is 6.06. The van der Waals surface area contributed by atoms with E-state index in [1.54, 1.807) is 70.7 Å². The van der Waals surface area contributed by atoms with Gasteiger partial charge in [-0.15, -0.1) is 0 Å². The van der Waals surface area contributed by atoms with Gasteiger partial charge in [-0.1, -0.05) is 0 Å². The lowest BCUT2D eigenvalue weighted by atomic mass is 10.2. The fourth-order valence-corrected chi connectivity index (χ4v) is 2.66. The predicted molar refractivity (Wildman–Crippen MR) is 111 cm³/mol. The molecule has 0 saturated carbocycles. The number of hydrogen-bond donors (Lipinski definition) is 2. The van der Waals surface area contributed by atoms with Crippen LogP contribution >= 0.6 is 0 Å². The van der Waals surface area contributed by atoms with E-state index in [0.717, 1.165) is 0 Å². The van der Waals surface area contributed by atoms with Gasteiger partial charge in [-0.2, -0.15) is 0 Å². The SMILES string of the molecule is COc1ccc(NC(=O)c2cc(Nc3ccc(OC)cc3OC)nc(C)n2)cc1. The molecule has 8 heteroatoms. The van der Waals surface area contributed by atoms with E-state index in [2.05, 4.69) is 20.6 Å². The number of aryl methyl sites for hydroxylation is 1. The molecule has 3 aromatic rings. The molecule has 2 N–H and O–H groups in total. The highest BCUT2D eigenvalue weighted by Gasteiger charge is 2.13. The van der Waals surface area contributed by atoms with E-state index in [1.165, 1.54) is 0 Å². The maximum atomic E-state index is 12.6. The molecule has 1 aromatic heterocycles. The molecule has 2 aromatic carbocycles. The van der Waals surface area contributed by atoms with Gasteiger partial charge in [-0.25, -0.2) is 9.97 Å². The first-order chi connectivity index (χ1) is 14.0. The number of aromatic nitrogens is 2. The molecule has 29 heavy (non-hydrogen) atoms. The van der Waals surface area contributed by atoms with Gasteiger partial charge in [0.2, 0.25) is 0 Å². The largest absolute Gasteiger partial charge is 0.497 e. The Bertz CT molecular complexity index is 1010. The number of rotatable bonds is 7. The van der Waals surface area contributed by atoms with Gasteiger partial charge in [0.15, 0.2) is 0 Å². The first-order valence-electron chi connectivity index (χ1n) is 8.82. The molecule has 0 atom stereocenters. The van der Waals surface area contributed by atoms with Gasteiger partial charge in [0.1, 0.15) is 34.6 Å². The van der Waals surface area contributed by atoms with Gasteiger partial charge in [-0.3, -0.25) is 4.79 Å². The maximum Gasteiger partial charge on any atom is 0.274 e. The van der Waals surface area contributed by atoms with Crippen LogP contribution in [-0.4, -0.2) is 37.2 Å². The van der Waals surface area contributed by atoms with Crippen LogP contribution in [0.2, 0.25) is 0 Å². The highest BCUT2D eigenvalue weighted by Crippen LogP contribution is 2.31. The summed E-state index contributed by atoms with van der Waals surface area (Å²) in [4.78, 5) is 21.2. The van der Waals surface area contributed by atoms with Crippen molar-refractivity contribution in [2.45, 2.75) is 6.92 Å². The minimum atomic E-state index is -0.342. The third kappa shape index (κ3) is 4.92. The van der Waals surface area contributed by atoms with Crippen LogP contribution in [0.15, 0.2) is 48.5 Å². The summed E-state index contributed by atoms with van der Waals surface area (Å²) in [5.41, 5.74) is 1.56. The van der Waals surface area contributed by atoms with Gasteiger partial charge in [-0.05, 0) is 43.3 Å². The Morgan fingerprint density at radius 3 is 2.21 bits per heavy atom. The summed E-state index contributed by atoms with van der Waals surface area (Å²) in [6.45, 7) is 1.72. The molecular formula is C21H22N4O4. The number of carbonyl (C=O) groups excluding carboxylic acids is 1. The lowest BCUT2D eigenvalue weighted by Crippen LogP contribution is -2.15. The third-order valence-electron chi connectivity index (χ3n) is 4.09. The molecule has 150 valence electrons. The van der Waals surface area contributed by atoms with Crippen molar-refractivity contribution in [3.05, 3.63) is 60.0 Å². The van der Waals surface area contributed by atoms with E-state index in [9.17, 15) is 4.79 Å². The molecule has 0 unspecified atom stereocenters. The van der Waals surface area contributed by atoms with E-state index in [4.69, 9.17) is 14.2 Å². The van der Waals surface area contributed by atoms with Crippen LogP contribution < -0.4 is 24.8 Å². The van der Waals surface area contributed by atoms with Gasteiger partial charge < -0.3 is 24.8 Å².